The maximum absolute atomic E-state index is 13.0. The Kier molecular flexibility index (Phi) is 4.62. The summed E-state index contributed by atoms with van der Waals surface area (Å²) >= 11 is 2.21. The molecule has 0 bridgehead atoms. The highest BCUT2D eigenvalue weighted by Gasteiger charge is 2.23. The SMILES string of the molecule is CCCNC1CCN(c2ccc(F)cc2I)C1. The smallest absolute Gasteiger partial charge is 0.124 e. The maximum Gasteiger partial charge on any atom is 0.124 e. The number of nitrogens with zero attached hydrogens (tertiary/aromatic N) is 1. The highest BCUT2D eigenvalue weighted by Crippen LogP contribution is 2.26. The minimum absolute atomic E-state index is 0.155. The third kappa shape index (κ3) is 3.31. The first-order valence-corrected chi connectivity index (χ1v) is 7.22. The Morgan fingerprint density at radius 2 is 2.35 bits per heavy atom. The van der Waals surface area contributed by atoms with Crippen LogP contribution >= 0.6 is 22.6 Å². The number of benzene rings is 1. The Bertz CT molecular complexity index is 384. The molecule has 0 aromatic heterocycles. The van der Waals surface area contributed by atoms with E-state index in [4.69, 9.17) is 0 Å². The molecule has 1 aromatic rings. The van der Waals surface area contributed by atoms with E-state index in [1.165, 1.54) is 12.8 Å². The van der Waals surface area contributed by atoms with Gasteiger partial charge in [0.15, 0.2) is 0 Å². The fourth-order valence-electron chi connectivity index (χ4n) is 2.23. The molecule has 0 radical (unpaired) electrons. The number of rotatable bonds is 4. The van der Waals surface area contributed by atoms with Crippen LogP contribution in [0.25, 0.3) is 0 Å². The largest absolute Gasteiger partial charge is 0.369 e. The number of anilines is 1. The molecule has 1 heterocycles. The summed E-state index contributed by atoms with van der Waals surface area (Å²) in [5.74, 6) is -0.155. The van der Waals surface area contributed by atoms with Crippen molar-refractivity contribution < 1.29 is 4.39 Å². The van der Waals surface area contributed by atoms with Crippen LogP contribution in [0.5, 0.6) is 0 Å². The van der Waals surface area contributed by atoms with Crippen molar-refractivity contribution in [3.05, 3.63) is 27.6 Å². The highest BCUT2D eigenvalue weighted by molar-refractivity contribution is 14.1. The average Bonchev–Trinajstić information content (AvgIpc) is 2.75. The van der Waals surface area contributed by atoms with Crippen molar-refractivity contribution >= 4 is 28.3 Å². The monoisotopic (exact) mass is 348 g/mol. The summed E-state index contributed by atoms with van der Waals surface area (Å²) in [4.78, 5) is 2.34. The summed E-state index contributed by atoms with van der Waals surface area (Å²) in [5.41, 5.74) is 1.16. The quantitative estimate of drug-likeness (QED) is 0.842. The van der Waals surface area contributed by atoms with Crippen LogP contribution in [0.4, 0.5) is 10.1 Å². The van der Waals surface area contributed by atoms with Gasteiger partial charge < -0.3 is 10.2 Å². The second kappa shape index (κ2) is 6.00. The van der Waals surface area contributed by atoms with E-state index in [1.807, 2.05) is 6.07 Å². The second-order valence-electron chi connectivity index (χ2n) is 4.48. The average molecular weight is 348 g/mol. The lowest BCUT2D eigenvalue weighted by Gasteiger charge is -2.20. The van der Waals surface area contributed by atoms with Gasteiger partial charge in [0.2, 0.25) is 0 Å². The lowest BCUT2D eigenvalue weighted by Crippen LogP contribution is -2.33. The van der Waals surface area contributed by atoms with Gasteiger partial charge in [-0.25, -0.2) is 4.39 Å². The van der Waals surface area contributed by atoms with Crippen LogP contribution in [0.15, 0.2) is 18.2 Å². The van der Waals surface area contributed by atoms with Crippen LogP contribution in [-0.2, 0) is 0 Å². The molecule has 1 unspecified atom stereocenters. The molecule has 0 aliphatic carbocycles. The third-order valence-electron chi connectivity index (χ3n) is 3.12. The molecular formula is C13H18FIN2. The van der Waals surface area contributed by atoms with E-state index in [-0.39, 0.29) is 5.82 Å². The number of hydrogen-bond acceptors (Lipinski definition) is 2. The summed E-state index contributed by atoms with van der Waals surface area (Å²) in [6.45, 7) is 5.35. The summed E-state index contributed by atoms with van der Waals surface area (Å²) in [6.07, 6.45) is 2.35. The van der Waals surface area contributed by atoms with Gasteiger partial charge in [-0.1, -0.05) is 6.92 Å². The van der Waals surface area contributed by atoms with E-state index < -0.39 is 0 Å². The molecule has 1 N–H and O–H groups in total. The Balaban J connectivity index is 2.00. The summed E-state index contributed by atoms with van der Waals surface area (Å²) in [5, 5.41) is 3.54. The van der Waals surface area contributed by atoms with Crippen molar-refractivity contribution in [1.82, 2.24) is 5.32 Å². The van der Waals surface area contributed by atoms with E-state index in [2.05, 4.69) is 39.7 Å². The van der Waals surface area contributed by atoms with Crippen LogP contribution in [0.3, 0.4) is 0 Å². The molecule has 1 aliphatic heterocycles. The molecule has 0 amide bonds. The maximum atomic E-state index is 13.0. The van der Waals surface area contributed by atoms with Crippen molar-refractivity contribution in [2.75, 3.05) is 24.5 Å². The molecule has 1 aromatic carbocycles. The molecule has 1 saturated heterocycles. The number of hydrogen-bond donors (Lipinski definition) is 1. The zero-order valence-corrected chi connectivity index (χ0v) is 12.2. The molecule has 1 atom stereocenters. The fraction of sp³-hybridized carbons (Fsp3) is 0.538. The normalized spacial score (nSPS) is 19.9. The first kappa shape index (κ1) is 13.1. The molecule has 17 heavy (non-hydrogen) atoms. The topological polar surface area (TPSA) is 15.3 Å². The lowest BCUT2D eigenvalue weighted by atomic mass is 10.2. The first-order chi connectivity index (χ1) is 8.20. The van der Waals surface area contributed by atoms with Gasteiger partial charge in [0, 0.05) is 22.7 Å². The Hall–Kier alpha value is -0.360. The van der Waals surface area contributed by atoms with Crippen molar-refractivity contribution in [3.63, 3.8) is 0 Å². The van der Waals surface area contributed by atoms with Crippen LogP contribution in [0, 0.1) is 9.39 Å². The van der Waals surface area contributed by atoms with Gasteiger partial charge in [-0.2, -0.15) is 0 Å². The molecule has 2 nitrogen and oxygen atoms in total. The molecule has 2 rings (SSSR count). The lowest BCUT2D eigenvalue weighted by molar-refractivity contribution is 0.549. The van der Waals surface area contributed by atoms with Gasteiger partial charge in [0.1, 0.15) is 5.82 Å². The van der Waals surface area contributed by atoms with Gasteiger partial charge >= 0.3 is 0 Å². The van der Waals surface area contributed by atoms with Gasteiger partial charge in [-0.05, 0) is 60.2 Å². The summed E-state index contributed by atoms with van der Waals surface area (Å²) in [6, 6.07) is 5.61. The zero-order valence-electron chi connectivity index (χ0n) is 10.0. The third-order valence-corrected chi connectivity index (χ3v) is 3.99. The van der Waals surface area contributed by atoms with E-state index in [0.29, 0.717) is 6.04 Å². The molecule has 1 fully saturated rings. The Labute approximate surface area is 116 Å². The van der Waals surface area contributed by atoms with E-state index in [0.717, 1.165) is 28.9 Å². The molecule has 4 heteroatoms. The van der Waals surface area contributed by atoms with Crippen molar-refractivity contribution in [3.8, 4) is 0 Å². The van der Waals surface area contributed by atoms with Gasteiger partial charge in [-0.3, -0.25) is 0 Å². The van der Waals surface area contributed by atoms with E-state index in [1.54, 1.807) is 12.1 Å². The first-order valence-electron chi connectivity index (χ1n) is 6.14. The molecule has 0 spiro atoms. The Morgan fingerprint density at radius 3 is 3.06 bits per heavy atom. The van der Waals surface area contributed by atoms with Gasteiger partial charge in [-0.15, -0.1) is 0 Å². The van der Waals surface area contributed by atoms with E-state index in [9.17, 15) is 4.39 Å². The summed E-state index contributed by atoms with van der Waals surface area (Å²) < 4.78 is 14.0. The standard InChI is InChI=1S/C13H18FIN2/c1-2-6-16-11-5-7-17(9-11)13-4-3-10(14)8-12(13)15/h3-4,8,11,16H,2,5-7,9H2,1H3. The van der Waals surface area contributed by atoms with Crippen LogP contribution in [0.1, 0.15) is 19.8 Å². The predicted octanol–water partition coefficient (Wildman–Crippen LogP) is 3.01. The van der Waals surface area contributed by atoms with Crippen molar-refractivity contribution in [1.29, 1.82) is 0 Å². The van der Waals surface area contributed by atoms with Crippen molar-refractivity contribution in [2.45, 2.75) is 25.8 Å². The molecular weight excluding hydrogens is 330 g/mol. The summed E-state index contributed by atoms with van der Waals surface area (Å²) in [7, 11) is 0. The van der Waals surface area contributed by atoms with Crippen LogP contribution in [-0.4, -0.2) is 25.7 Å². The van der Waals surface area contributed by atoms with Gasteiger partial charge in [0.05, 0.1) is 5.69 Å². The van der Waals surface area contributed by atoms with Crippen LogP contribution in [0.2, 0.25) is 0 Å². The van der Waals surface area contributed by atoms with E-state index >= 15 is 0 Å². The second-order valence-corrected chi connectivity index (χ2v) is 5.64. The van der Waals surface area contributed by atoms with Gasteiger partial charge in [0.25, 0.3) is 0 Å². The minimum atomic E-state index is -0.155. The molecule has 1 aliphatic rings. The molecule has 94 valence electrons. The van der Waals surface area contributed by atoms with Crippen LogP contribution < -0.4 is 10.2 Å². The minimum Gasteiger partial charge on any atom is -0.369 e. The fourth-order valence-corrected chi connectivity index (χ4v) is 3.05. The molecule has 0 saturated carbocycles. The highest BCUT2D eigenvalue weighted by atomic mass is 127. The number of halogens is 2. The van der Waals surface area contributed by atoms with Crippen molar-refractivity contribution in [2.24, 2.45) is 0 Å². The zero-order chi connectivity index (χ0) is 12.3. The number of nitrogens with one attached hydrogen (secondary N) is 1. The Morgan fingerprint density at radius 1 is 1.53 bits per heavy atom. The predicted molar refractivity (Wildman–Crippen MR) is 78.0 cm³/mol.